The maximum absolute atomic E-state index is 12.8. The summed E-state index contributed by atoms with van der Waals surface area (Å²) < 4.78 is 28.2. The average Bonchev–Trinajstić information content (AvgIpc) is 2.88. The van der Waals surface area contributed by atoms with Crippen LogP contribution >= 0.6 is 11.6 Å². The van der Waals surface area contributed by atoms with Gasteiger partial charge >= 0.3 is 0 Å². The van der Waals surface area contributed by atoms with E-state index in [2.05, 4.69) is 4.72 Å². The normalized spacial score (nSPS) is 16.1. The Hall–Kier alpha value is -2.05. The van der Waals surface area contributed by atoms with Crippen molar-refractivity contribution in [1.29, 1.82) is 0 Å². The summed E-state index contributed by atoms with van der Waals surface area (Å²) in [5, 5.41) is 0.505. The maximum atomic E-state index is 12.8. The largest absolute Gasteiger partial charge is 0.312 e. The number of halogens is 1. The number of sulfonamides is 1. The second-order valence-corrected chi connectivity index (χ2v) is 8.57. The first-order valence-corrected chi connectivity index (χ1v) is 9.96. The zero-order valence-corrected chi connectivity index (χ0v) is 15.2. The lowest BCUT2D eigenvalue weighted by Gasteiger charge is -2.26. The number of rotatable bonds is 3. The summed E-state index contributed by atoms with van der Waals surface area (Å²) in [4.78, 5) is 14.1. The van der Waals surface area contributed by atoms with Crippen molar-refractivity contribution in [1.82, 2.24) is 0 Å². The molecule has 0 bridgehead atoms. The second kappa shape index (κ2) is 5.75. The van der Waals surface area contributed by atoms with E-state index >= 15 is 0 Å². The lowest BCUT2D eigenvalue weighted by Crippen LogP contribution is -2.31. The van der Waals surface area contributed by atoms with Gasteiger partial charge in [-0.05, 0) is 60.7 Å². The molecule has 0 aromatic heterocycles. The number of aryl methyl sites for hydroxylation is 2. The molecule has 0 aliphatic carbocycles. The molecule has 2 heterocycles. The van der Waals surface area contributed by atoms with Crippen molar-refractivity contribution in [2.45, 2.75) is 31.1 Å². The zero-order chi connectivity index (χ0) is 17.8. The van der Waals surface area contributed by atoms with Crippen LogP contribution in [0, 0.1) is 6.92 Å². The Morgan fingerprint density at radius 3 is 2.68 bits per heavy atom. The van der Waals surface area contributed by atoms with Gasteiger partial charge in [-0.25, -0.2) is 8.42 Å². The highest BCUT2D eigenvalue weighted by molar-refractivity contribution is 7.92. The van der Waals surface area contributed by atoms with Gasteiger partial charge < -0.3 is 4.90 Å². The number of hydrogen-bond donors (Lipinski definition) is 1. The molecule has 1 amide bonds. The Morgan fingerprint density at radius 1 is 1.16 bits per heavy atom. The molecule has 0 spiro atoms. The molecule has 2 aromatic rings. The van der Waals surface area contributed by atoms with Crippen molar-refractivity contribution in [2.75, 3.05) is 16.2 Å². The highest BCUT2D eigenvalue weighted by atomic mass is 35.5. The van der Waals surface area contributed by atoms with E-state index in [-0.39, 0.29) is 17.2 Å². The van der Waals surface area contributed by atoms with Crippen molar-refractivity contribution in [3.63, 3.8) is 0 Å². The molecule has 0 unspecified atom stereocenters. The van der Waals surface area contributed by atoms with Crippen LogP contribution in [0.4, 0.5) is 11.4 Å². The van der Waals surface area contributed by atoms with Gasteiger partial charge in [-0.2, -0.15) is 0 Å². The van der Waals surface area contributed by atoms with Gasteiger partial charge in [0.2, 0.25) is 5.91 Å². The van der Waals surface area contributed by atoms with Crippen LogP contribution in [-0.2, 0) is 27.7 Å². The molecule has 2 aromatic carbocycles. The predicted molar refractivity (Wildman–Crippen MR) is 97.8 cm³/mol. The highest BCUT2D eigenvalue weighted by Crippen LogP contribution is 2.38. The van der Waals surface area contributed by atoms with E-state index in [4.69, 9.17) is 11.6 Å². The van der Waals surface area contributed by atoms with Crippen LogP contribution in [-0.4, -0.2) is 20.9 Å². The number of anilines is 2. The van der Waals surface area contributed by atoms with Crippen LogP contribution in [0.5, 0.6) is 0 Å². The van der Waals surface area contributed by atoms with Gasteiger partial charge in [0.25, 0.3) is 10.0 Å². The molecule has 2 aliphatic rings. The molecule has 130 valence electrons. The van der Waals surface area contributed by atoms with Gasteiger partial charge in [0, 0.05) is 11.6 Å². The topological polar surface area (TPSA) is 66.5 Å². The van der Waals surface area contributed by atoms with Gasteiger partial charge in [-0.15, -0.1) is 0 Å². The van der Waals surface area contributed by atoms with E-state index in [1.807, 2.05) is 6.92 Å². The number of carbonyl (C=O) groups is 1. The number of amides is 1. The molecule has 0 radical (unpaired) electrons. The summed E-state index contributed by atoms with van der Waals surface area (Å²) in [5.74, 6) is 0.0452. The summed E-state index contributed by atoms with van der Waals surface area (Å²) >= 11 is 6.07. The van der Waals surface area contributed by atoms with Crippen molar-refractivity contribution in [3.05, 3.63) is 52.0 Å². The number of carbonyl (C=O) groups excluding carboxylic acids is 1. The van der Waals surface area contributed by atoms with Gasteiger partial charge in [-0.3, -0.25) is 9.52 Å². The van der Waals surface area contributed by atoms with E-state index in [1.54, 1.807) is 35.2 Å². The standard InChI is InChI=1S/C18H17ClN2O3S/c1-11-4-5-14(10-16(11)19)20-25(23,24)15-7-12-3-2-6-21-17(22)9-13(8-15)18(12)21/h4-5,7-8,10,20H,2-3,6,9H2,1H3. The minimum Gasteiger partial charge on any atom is -0.312 e. The lowest BCUT2D eigenvalue weighted by molar-refractivity contribution is -0.117. The van der Waals surface area contributed by atoms with Gasteiger partial charge in [0.05, 0.1) is 22.7 Å². The van der Waals surface area contributed by atoms with Crippen LogP contribution in [0.15, 0.2) is 35.2 Å². The first-order chi connectivity index (χ1) is 11.8. The predicted octanol–water partition coefficient (Wildman–Crippen LogP) is 3.28. The molecule has 0 saturated heterocycles. The van der Waals surface area contributed by atoms with Crippen LogP contribution in [0.25, 0.3) is 0 Å². The first kappa shape index (κ1) is 16.4. The van der Waals surface area contributed by atoms with E-state index < -0.39 is 10.0 Å². The first-order valence-electron chi connectivity index (χ1n) is 8.10. The summed E-state index contributed by atoms with van der Waals surface area (Å²) in [7, 11) is -3.75. The molecule has 4 rings (SSSR count). The third-order valence-electron chi connectivity index (χ3n) is 4.72. The Morgan fingerprint density at radius 2 is 1.92 bits per heavy atom. The number of nitrogens with zero attached hydrogens (tertiary/aromatic N) is 1. The number of nitrogens with one attached hydrogen (secondary N) is 1. The molecule has 5 nitrogen and oxygen atoms in total. The Kier molecular flexibility index (Phi) is 3.77. The van der Waals surface area contributed by atoms with Crippen molar-refractivity contribution in [2.24, 2.45) is 0 Å². The molecule has 0 fully saturated rings. The minimum absolute atomic E-state index is 0.0452. The van der Waals surface area contributed by atoms with Crippen LogP contribution in [0.2, 0.25) is 5.02 Å². The summed E-state index contributed by atoms with van der Waals surface area (Å²) in [6, 6.07) is 8.34. The van der Waals surface area contributed by atoms with Crippen molar-refractivity contribution in [3.8, 4) is 0 Å². The highest BCUT2D eigenvalue weighted by Gasteiger charge is 2.33. The Balaban J connectivity index is 1.73. The Bertz CT molecular complexity index is 1000. The lowest BCUT2D eigenvalue weighted by atomic mass is 10.0. The molecule has 0 saturated carbocycles. The molecular formula is C18H17ClN2O3S. The van der Waals surface area contributed by atoms with Crippen molar-refractivity contribution < 1.29 is 13.2 Å². The molecule has 1 N–H and O–H groups in total. The smallest absolute Gasteiger partial charge is 0.261 e. The fourth-order valence-electron chi connectivity index (χ4n) is 3.47. The molecule has 7 heteroatoms. The van der Waals surface area contributed by atoms with Crippen LogP contribution < -0.4 is 9.62 Å². The maximum Gasteiger partial charge on any atom is 0.261 e. The van der Waals surface area contributed by atoms with Gasteiger partial charge in [0.15, 0.2) is 0 Å². The van der Waals surface area contributed by atoms with Gasteiger partial charge in [0.1, 0.15) is 0 Å². The molecule has 2 aliphatic heterocycles. The van der Waals surface area contributed by atoms with E-state index in [0.29, 0.717) is 17.3 Å². The number of benzene rings is 2. The molecule has 25 heavy (non-hydrogen) atoms. The fourth-order valence-corrected chi connectivity index (χ4v) is 4.80. The fraction of sp³-hybridized carbons (Fsp3) is 0.278. The summed E-state index contributed by atoms with van der Waals surface area (Å²) in [5.41, 5.74) is 3.93. The number of hydrogen-bond acceptors (Lipinski definition) is 3. The van der Waals surface area contributed by atoms with Crippen molar-refractivity contribution >= 4 is 38.9 Å². The summed E-state index contributed by atoms with van der Waals surface area (Å²) in [6.07, 6.45) is 1.90. The van der Waals surface area contributed by atoms with Crippen LogP contribution in [0.3, 0.4) is 0 Å². The monoisotopic (exact) mass is 376 g/mol. The minimum atomic E-state index is -3.75. The Labute approximate surface area is 151 Å². The third kappa shape index (κ3) is 2.79. The van der Waals surface area contributed by atoms with E-state index in [9.17, 15) is 13.2 Å². The third-order valence-corrected chi connectivity index (χ3v) is 6.48. The van der Waals surface area contributed by atoms with Crippen LogP contribution in [0.1, 0.15) is 23.1 Å². The SMILES string of the molecule is Cc1ccc(NS(=O)(=O)c2cc3c4c(c2)CC(=O)N4CCC3)cc1Cl. The quantitative estimate of drug-likeness (QED) is 0.893. The summed E-state index contributed by atoms with van der Waals surface area (Å²) in [6.45, 7) is 2.57. The molecular weight excluding hydrogens is 360 g/mol. The second-order valence-electron chi connectivity index (χ2n) is 6.49. The van der Waals surface area contributed by atoms with Gasteiger partial charge in [-0.1, -0.05) is 17.7 Å². The van der Waals surface area contributed by atoms with E-state index in [0.717, 1.165) is 35.2 Å². The zero-order valence-electron chi connectivity index (χ0n) is 13.7. The average molecular weight is 377 g/mol. The molecule has 0 atom stereocenters. The van der Waals surface area contributed by atoms with E-state index in [1.165, 1.54) is 0 Å².